The molecule has 0 aliphatic carbocycles. The zero-order valence-corrected chi connectivity index (χ0v) is 14.8. The van der Waals surface area contributed by atoms with Crippen molar-refractivity contribution in [1.82, 2.24) is 9.80 Å². The van der Waals surface area contributed by atoms with Crippen molar-refractivity contribution in [3.8, 4) is 11.5 Å². The van der Waals surface area contributed by atoms with Crippen molar-refractivity contribution in [2.45, 2.75) is 31.8 Å². The van der Waals surface area contributed by atoms with Crippen LogP contribution in [0, 0.1) is 0 Å². The number of likely N-dealkylation sites (N-methyl/N-ethyl adjacent to an activating group) is 1. The molecule has 0 saturated carbocycles. The Bertz CT molecular complexity index is 479. The number of ether oxygens (including phenoxy) is 2. The van der Waals surface area contributed by atoms with E-state index in [1.807, 2.05) is 26.2 Å². The highest BCUT2D eigenvalue weighted by Gasteiger charge is 2.17. The van der Waals surface area contributed by atoms with Crippen LogP contribution >= 0.6 is 0 Å². The molecule has 0 amide bonds. The molecule has 1 aromatic rings. The van der Waals surface area contributed by atoms with Crippen LogP contribution in [0.2, 0.25) is 0 Å². The summed E-state index contributed by atoms with van der Waals surface area (Å²) in [5, 5.41) is 0. The molecule has 1 aliphatic heterocycles. The molecule has 130 valence electrons. The molecule has 1 unspecified atom stereocenters. The molecule has 1 fully saturated rings. The molecule has 0 bridgehead atoms. The van der Waals surface area contributed by atoms with Gasteiger partial charge in [0.1, 0.15) is 6.61 Å². The van der Waals surface area contributed by atoms with Gasteiger partial charge in [-0.25, -0.2) is 0 Å². The zero-order chi connectivity index (χ0) is 16.7. The van der Waals surface area contributed by atoms with Gasteiger partial charge in [0.15, 0.2) is 11.5 Å². The smallest absolute Gasteiger partial charge is 0.165 e. The fourth-order valence-electron chi connectivity index (χ4n) is 2.92. The zero-order valence-electron chi connectivity index (χ0n) is 14.8. The highest BCUT2D eigenvalue weighted by atomic mass is 16.5. The van der Waals surface area contributed by atoms with E-state index in [4.69, 9.17) is 15.2 Å². The minimum atomic E-state index is 0.348. The third-order valence-electron chi connectivity index (χ3n) is 4.32. The van der Waals surface area contributed by atoms with Gasteiger partial charge in [-0.1, -0.05) is 12.1 Å². The fourth-order valence-corrected chi connectivity index (χ4v) is 2.92. The molecule has 1 heterocycles. The monoisotopic (exact) mass is 321 g/mol. The summed E-state index contributed by atoms with van der Waals surface area (Å²) < 4.78 is 11.5. The molecule has 5 heteroatoms. The maximum absolute atomic E-state index is 6.08. The van der Waals surface area contributed by atoms with E-state index in [2.05, 4.69) is 15.9 Å². The Balaban J connectivity index is 2.07. The molecule has 2 N–H and O–H groups in total. The van der Waals surface area contributed by atoms with Gasteiger partial charge in [0.25, 0.3) is 0 Å². The Hall–Kier alpha value is -1.30. The normalized spacial score (nSPS) is 19.6. The van der Waals surface area contributed by atoms with Crippen LogP contribution in [0.3, 0.4) is 0 Å². The minimum Gasteiger partial charge on any atom is -0.493 e. The number of methoxy groups -OCH3 is 1. The molecule has 2 rings (SSSR count). The van der Waals surface area contributed by atoms with Crippen LogP contribution in [-0.4, -0.2) is 63.3 Å². The van der Waals surface area contributed by atoms with Crippen molar-refractivity contribution in [2.24, 2.45) is 5.73 Å². The Labute approximate surface area is 140 Å². The fraction of sp³-hybridized carbons (Fsp3) is 0.667. The summed E-state index contributed by atoms with van der Waals surface area (Å²) in [6, 6.07) is 6.49. The van der Waals surface area contributed by atoms with Gasteiger partial charge >= 0.3 is 0 Å². The van der Waals surface area contributed by atoms with Crippen LogP contribution in [0.4, 0.5) is 0 Å². The van der Waals surface area contributed by atoms with Crippen LogP contribution in [0.5, 0.6) is 11.5 Å². The van der Waals surface area contributed by atoms with Gasteiger partial charge in [-0.05, 0) is 52.5 Å². The average Bonchev–Trinajstić information content (AvgIpc) is 2.73. The van der Waals surface area contributed by atoms with Crippen LogP contribution < -0.4 is 15.2 Å². The molecule has 1 aromatic carbocycles. The SMILES string of the molecule is COc1cccc(CN2CCCC(N)CC2)c1OCCN(C)C. The van der Waals surface area contributed by atoms with Gasteiger partial charge < -0.3 is 20.1 Å². The first-order chi connectivity index (χ1) is 11.1. The lowest BCUT2D eigenvalue weighted by Gasteiger charge is -2.23. The Morgan fingerprint density at radius 2 is 2.09 bits per heavy atom. The summed E-state index contributed by atoms with van der Waals surface area (Å²) in [5.74, 6) is 1.69. The second-order valence-electron chi connectivity index (χ2n) is 6.57. The van der Waals surface area contributed by atoms with Crippen LogP contribution in [0.25, 0.3) is 0 Å². The number of benzene rings is 1. The van der Waals surface area contributed by atoms with Crippen molar-refractivity contribution >= 4 is 0 Å². The van der Waals surface area contributed by atoms with Gasteiger partial charge in [0.05, 0.1) is 7.11 Å². The third kappa shape index (κ3) is 5.68. The van der Waals surface area contributed by atoms with Gasteiger partial charge in [0.2, 0.25) is 0 Å². The Morgan fingerprint density at radius 1 is 1.26 bits per heavy atom. The van der Waals surface area contributed by atoms with Gasteiger partial charge in [-0.15, -0.1) is 0 Å². The van der Waals surface area contributed by atoms with E-state index in [1.165, 1.54) is 12.0 Å². The highest BCUT2D eigenvalue weighted by molar-refractivity contribution is 5.46. The van der Waals surface area contributed by atoms with E-state index in [-0.39, 0.29) is 0 Å². The van der Waals surface area contributed by atoms with Crippen molar-refractivity contribution in [2.75, 3.05) is 47.4 Å². The maximum Gasteiger partial charge on any atom is 0.165 e. The molecular formula is C18H31N3O2. The quantitative estimate of drug-likeness (QED) is 0.832. The molecule has 0 spiro atoms. The first-order valence-corrected chi connectivity index (χ1v) is 8.51. The van der Waals surface area contributed by atoms with Crippen molar-refractivity contribution in [3.63, 3.8) is 0 Å². The molecule has 1 atom stereocenters. The summed E-state index contributed by atoms with van der Waals surface area (Å²) in [6.45, 7) is 4.58. The van der Waals surface area contributed by atoms with Crippen molar-refractivity contribution < 1.29 is 9.47 Å². The predicted octanol–water partition coefficient (Wildman–Crippen LogP) is 1.95. The number of likely N-dealkylation sites (tertiary alicyclic amines) is 1. The average molecular weight is 321 g/mol. The van der Waals surface area contributed by atoms with E-state index >= 15 is 0 Å². The summed E-state index contributed by atoms with van der Waals surface area (Å²) in [5.41, 5.74) is 7.28. The first kappa shape index (κ1) is 18.0. The number of hydrogen-bond acceptors (Lipinski definition) is 5. The lowest BCUT2D eigenvalue weighted by atomic mass is 10.1. The third-order valence-corrected chi connectivity index (χ3v) is 4.32. The Morgan fingerprint density at radius 3 is 2.83 bits per heavy atom. The molecule has 1 aliphatic rings. The second kappa shape index (κ2) is 9.11. The first-order valence-electron chi connectivity index (χ1n) is 8.51. The van der Waals surface area contributed by atoms with Crippen LogP contribution in [0.15, 0.2) is 18.2 Å². The van der Waals surface area contributed by atoms with Gasteiger partial charge in [-0.2, -0.15) is 0 Å². The lowest BCUT2D eigenvalue weighted by molar-refractivity contribution is 0.236. The number of hydrogen-bond donors (Lipinski definition) is 1. The number of rotatable bonds is 7. The lowest BCUT2D eigenvalue weighted by Crippen LogP contribution is -2.26. The van der Waals surface area contributed by atoms with Crippen molar-refractivity contribution in [3.05, 3.63) is 23.8 Å². The summed E-state index contributed by atoms with van der Waals surface area (Å²) in [7, 11) is 5.79. The van der Waals surface area contributed by atoms with Crippen LogP contribution in [-0.2, 0) is 6.54 Å². The molecule has 0 aromatic heterocycles. The summed E-state index contributed by atoms with van der Waals surface area (Å²) in [6.07, 6.45) is 3.36. The molecular weight excluding hydrogens is 290 g/mol. The summed E-state index contributed by atoms with van der Waals surface area (Å²) in [4.78, 5) is 4.59. The van der Waals surface area contributed by atoms with E-state index in [9.17, 15) is 0 Å². The molecule has 0 radical (unpaired) electrons. The number of para-hydroxylation sites is 1. The van der Waals surface area contributed by atoms with E-state index in [0.29, 0.717) is 12.6 Å². The van der Waals surface area contributed by atoms with Crippen molar-refractivity contribution in [1.29, 1.82) is 0 Å². The van der Waals surface area contributed by atoms with Gasteiger partial charge in [0, 0.05) is 24.7 Å². The standard InChI is InChI=1S/C18H31N3O2/c1-20(2)12-13-23-18-15(6-4-8-17(18)22-3)14-21-10-5-7-16(19)9-11-21/h4,6,8,16H,5,7,9-14,19H2,1-3H3. The maximum atomic E-state index is 6.08. The molecule has 23 heavy (non-hydrogen) atoms. The van der Waals surface area contributed by atoms with E-state index in [1.54, 1.807) is 7.11 Å². The second-order valence-corrected chi connectivity index (χ2v) is 6.57. The van der Waals surface area contributed by atoms with E-state index in [0.717, 1.165) is 50.5 Å². The van der Waals surface area contributed by atoms with E-state index < -0.39 is 0 Å². The minimum absolute atomic E-state index is 0.348. The number of nitrogens with two attached hydrogens (primary N) is 1. The topological polar surface area (TPSA) is 51.0 Å². The molecule has 5 nitrogen and oxygen atoms in total. The van der Waals surface area contributed by atoms with Crippen LogP contribution in [0.1, 0.15) is 24.8 Å². The van der Waals surface area contributed by atoms with Gasteiger partial charge in [-0.3, -0.25) is 4.90 Å². The highest BCUT2D eigenvalue weighted by Crippen LogP contribution is 2.32. The molecule has 1 saturated heterocycles. The predicted molar refractivity (Wildman–Crippen MR) is 94.1 cm³/mol. The largest absolute Gasteiger partial charge is 0.493 e. The summed E-state index contributed by atoms with van der Waals surface area (Å²) >= 11 is 0. The Kier molecular flexibility index (Phi) is 7.15. The number of nitrogens with zero attached hydrogens (tertiary/aromatic N) is 2.